The average molecular weight is 442 g/mol. The third-order valence-electron chi connectivity index (χ3n) is 6.87. The van der Waals surface area contributed by atoms with E-state index >= 15 is 0 Å². The lowest BCUT2D eigenvalue weighted by Crippen LogP contribution is -2.63. The highest BCUT2D eigenvalue weighted by Crippen LogP contribution is 2.39. The smallest absolute Gasteiger partial charge is 0.249 e. The van der Waals surface area contributed by atoms with Crippen LogP contribution >= 0.6 is 0 Å². The molecule has 0 radical (unpaired) electrons. The quantitative estimate of drug-likeness (QED) is 0.772. The molecule has 0 aromatic heterocycles. The van der Waals surface area contributed by atoms with Gasteiger partial charge in [-0.25, -0.2) is 8.42 Å². The first-order valence-electron chi connectivity index (χ1n) is 11.0. The Hall–Kier alpha value is -2.22. The third kappa shape index (κ3) is 4.40. The Morgan fingerprint density at radius 1 is 1.03 bits per heavy atom. The summed E-state index contributed by atoms with van der Waals surface area (Å²) in [5.41, 5.74) is 7.51. The van der Waals surface area contributed by atoms with Crippen molar-refractivity contribution in [2.45, 2.75) is 56.0 Å². The van der Waals surface area contributed by atoms with Crippen molar-refractivity contribution in [2.75, 3.05) is 19.6 Å². The monoisotopic (exact) mass is 441 g/mol. The summed E-state index contributed by atoms with van der Waals surface area (Å²) in [6.07, 6.45) is 5.46. The highest BCUT2D eigenvalue weighted by Gasteiger charge is 2.45. The molecule has 0 atom stereocenters. The molecule has 1 saturated heterocycles. The maximum atomic E-state index is 13.5. The van der Waals surface area contributed by atoms with Gasteiger partial charge < -0.3 is 5.73 Å². The van der Waals surface area contributed by atoms with E-state index in [1.54, 1.807) is 23.4 Å². The van der Waals surface area contributed by atoms with Gasteiger partial charge in [-0.2, -0.15) is 4.31 Å². The molecule has 0 unspecified atom stereocenters. The molecule has 2 aromatic carbocycles. The summed E-state index contributed by atoms with van der Waals surface area (Å²) in [6, 6.07) is 15.1. The summed E-state index contributed by atoms with van der Waals surface area (Å²) in [5.74, 6) is -0.606. The molecule has 6 nitrogen and oxygen atoms in total. The van der Waals surface area contributed by atoms with Gasteiger partial charge in [0.15, 0.2) is 0 Å². The SMILES string of the molecule is Cc1ccc(S(=O)(=O)N2CCN(Cc3ccccc3)C3(CCCCC3)C2)cc1C(N)=O. The second-order valence-corrected chi connectivity index (χ2v) is 10.8. The minimum atomic E-state index is -3.71. The zero-order chi connectivity index (χ0) is 22.1. The van der Waals surface area contributed by atoms with Crippen LogP contribution in [0.3, 0.4) is 0 Å². The van der Waals surface area contributed by atoms with E-state index < -0.39 is 15.9 Å². The Labute approximate surface area is 185 Å². The summed E-state index contributed by atoms with van der Waals surface area (Å²) in [7, 11) is -3.71. The molecule has 166 valence electrons. The van der Waals surface area contributed by atoms with E-state index in [9.17, 15) is 13.2 Å². The van der Waals surface area contributed by atoms with E-state index in [1.807, 2.05) is 6.07 Å². The van der Waals surface area contributed by atoms with E-state index in [1.165, 1.54) is 18.1 Å². The van der Waals surface area contributed by atoms with E-state index in [0.29, 0.717) is 25.2 Å². The summed E-state index contributed by atoms with van der Waals surface area (Å²) in [4.78, 5) is 14.4. The Morgan fingerprint density at radius 2 is 1.74 bits per heavy atom. The van der Waals surface area contributed by atoms with Crippen molar-refractivity contribution in [3.05, 3.63) is 65.2 Å². The second-order valence-electron chi connectivity index (χ2n) is 8.87. The number of hydrogen-bond donors (Lipinski definition) is 1. The van der Waals surface area contributed by atoms with E-state index in [0.717, 1.165) is 32.2 Å². The normalized spacial score (nSPS) is 20.0. The van der Waals surface area contributed by atoms with Gasteiger partial charge in [0.2, 0.25) is 15.9 Å². The topological polar surface area (TPSA) is 83.7 Å². The lowest BCUT2D eigenvalue weighted by molar-refractivity contribution is -0.00681. The number of sulfonamides is 1. The number of aryl methyl sites for hydroxylation is 1. The summed E-state index contributed by atoms with van der Waals surface area (Å²) < 4.78 is 28.7. The van der Waals surface area contributed by atoms with Crippen LogP contribution < -0.4 is 5.73 Å². The number of primary amides is 1. The molecule has 2 N–H and O–H groups in total. The van der Waals surface area contributed by atoms with Gasteiger partial charge in [0, 0.05) is 37.3 Å². The number of benzene rings is 2. The van der Waals surface area contributed by atoms with Crippen molar-refractivity contribution >= 4 is 15.9 Å². The molecule has 1 aliphatic carbocycles. The first-order valence-corrected chi connectivity index (χ1v) is 12.5. The van der Waals surface area contributed by atoms with Gasteiger partial charge in [0.05, 0.1) is 4.90 Å². The van der Waals surface area contributed by atoms with Gasteiger partial charge in [-0.15, -0.1) is 0 Å². The van der Waals surface area contributed by atoms with Gasteiger partial charge in [0.1, 0.15) is 0 Å². The van der Waals surface area contributed by atoms with Crippen molar-refractivity contribution < 1.29 is 13.2 Å². The van der Waals surface area contributed by atoms with Gasteiger partial charge in [-0.3, -0.25) is 9.69 Å². The van der Waals surface area contributed by atoms with Gasteiger partial charge in [0.25, 0.3) is 0 Å². The first kappa shape index (κ1) is 22.0. The number of rotatable bonds is 5. The van der Waals surface area contributed by atoms with Gasteiger partial charge in [-0.1, -0.05) is 55.7 Å². The Bertz CT molecular complexity index is 1050. The maximum absolute atomic E-state index is 13.5. The zero-order valence-electron chi connectivity index (χ0n) is 18.1. The van der Waals surface area contributed by atoms with Gasteiger partial charge >= 0.3 is 0 Å². The fourth-order valence-electron chi connectivity index (χ4n) is 5.09. The average Bonchev–Trinajstić information content (AvgIpc) is 2.76. The molecule has 7 heteroatoms. The molecule has 2 aliphatic rings. The molecule has 1 amide bonds. The molecule has 2 aromatic rings. The van der Waals surface area contributed by atoms with Crippen LogP contribution in [-0.4, -0.2) is 48.7 Å². The molecular weight excluding hydrogens is 410 g/mol. The number of amides is 1. The lowest BCUT2D eigenvalue weighted by atomic mass is 9.79. The van der Waals surface area contributed by atoms with E-state index in [4.69, 9.17) is 5.73 Å². The summed E-state index contributed by atoms with van der Waals surface area (Å²) in [5, 5.41) is 0. The minimum Gasteiger partial charge on any atom is -0.366 e. The molecule has 1 spiro atoms. The lowest BCUT2D eigenvalue weighted by Gasteiger charge is -2.52. The van der Waals surface area contributed by atoms with Crippen LogP contribution in [0.5, 0.6) is 0 Å². The molecular formula is C24H31N3O3S. The number of carbonyl (C=O) groups is 1. The number of hydrogen-bond acceptors (Lipinski definition) is 4. The van der Waals surface area contributed by atoms with Crippen LogP contribution in [0.2, 0.25) is 0 Å². The molecule has 1 saturated carbocycles. The highest BCUT2D eigenvalue weighted by atomic mass is 32.2. The maximum Gasteiger partial charge on any atom is 0.249 e. The largest absolute Gasteiger partial charge is 0.366 e. The van der Waals surface area contributed by atoms with E-state index in [2.05, 4.69) is 29.2 Å². The molecule has 2 fully saturated rings. The van der Waals surface area contributed by atoms with Crippen molar-refractivity contribution in [3.63, 3.8) is 0 Å². The van der Waals surface area contributed by atoms with Crippen molar-refractivity contribution in [2.24, 2.45) is 5.73 Å². The number of carbonyl (C=O) groups excluding carboxylic acids is 1. The van der Waals surface area contributed by atoms with Crippen LogP contribution in [0.15, 0.2) is 53.4 Å². The van der Waals surface area contributed by atoms with E-state index in [-0.39, 0.29) is 16.0 Å². The van der Waals surface area contributed by atoms with Crippen molar-refractivity contribution in [1.82, 2.24) is 9.21 Å². The second kappa shape index (κ2) is 8.73. The van der Waals surface area contributed by atoms with Crippen LogP contribution in [0.4, 0.5) is 0 Å². The Morgan fingerprint density at radius 3 is 2.42 bits per heavy atom. The van der Waals surface area contributed by atoms with Gasteiger partial charge in [-0.05, 0) is 43.0 Å². The molecule has 31 heavy (non-hydrogen) atoms. The standard InChI is InChI=1S/C24H31N3O3S/c1-19-10-11-21(16-22(19)23(25)28)31(29,30)27-15-14-26(17-20-8-4-2-5-9-20)24(18-27)12-6-3-7-13-24/h2,4-5,8-11,16H,3,6-7,12-15,17-18H2,1H3,(H2,25,28). The van der Waals surface area contributed by atoms with Crippen LogP contribution in [0, 0.1) is 6.92 Å². The Kier molecular flexibility index (Phi) is 6.19. The van der Waals surface area contributed by atoms with Crippen LogP contribution in [-0.2, 0) is 16.6 Å². The first-order chi connectivity index (χ1) is 14.8. The predicted octanol–water partition coefficient (Wildman–Crippen LogP) is 3.30. The van der Waals surface area contributed by atoms with Crippen LogP contribution in [0.25, 0.3) is 0 Å². The highest BCUT2D eigenvalue weighted by molar-refractivity contribution is 7.89. The fourth-order valence-corrected chi connectivity index (χ4v) is 6.63. The van der Waals surface area contributed by atoms with Crippen molar-refractivity contribution in [1.29, 1.82) is 0 Å². The summed E-state index contributed by atoms with van der Waals surface area (Å²) in [6.45, 7) is 4.22. The number of nitrogens with zero attached hydrogens (tertiary/aromatic N) is 2. The Balaban J connectivity index is 1.62. The predicted molar refractivity (Wildman–Crippen MR) is 121 cm³/mol. The van der Waals surface area contributed by atoms with Crippen LogP contribution in [0.1, 0.15) is 53.6 Å². The molecule has 0 bridgehead atoms. The number of nitrogens with two attached hydrogens (primary N) is 1. The minimum absolute atomic E-state index is 0.142. The summed E-state index contributed by atoms with van der Waals surface area (Å²) >= 11 is 0. The van der Waals surface area contributed by atoms with Crippen molar-refractivity contribution in [3.8, 4) is 0 Å². The fraction of sp³-hybridized carbons (Fsp3) is 0.458. The molecule has 1 aliphatic heterocycles. The third-order valence-corrected chi connectivity index (χ3v) is 8.71. The zero-order valence-corrected chi connectivity index (χ0v) is 18.9. The molecule has 1 heterocycles. The number of piperazine rings is 1. The molecule has 4 rings (SSSR count).